The molecular formula is C25H34N2O2. The zero-order chi connectivity index (χ0) is 20.7. The second-order valence-electron chi connectivity index (χ2n) is 7.67. The molecule has 1 saturated heterocycles. The Labute approximate surface area is 175 Å². The standard InChI is InChI=1S/C25H34N2O2/c1-4-25(27(5-2)6-3,20-21-12-8-7-9-13-21)24(28)22-14-10-11-15-23(22)26-16-18-29-19-17-26/h7-15H,4-6,16-20H2,1-3H3. The highest BCUT2D eigenvalue weighted by molar-refractivity contribution is 6.07. The van der Waals surface area contributed by atoms with Crippen molar-refractivity contribution in [1.29, 1.82) is 0 Å². The maximum Gasteiger partial charge on any atom is 0.185 e. The van der Waals surface area contributed by atoms with E-state index in [1.54, 1.807) is 0 Å². The number of ketones is 1. The number of rotatable bonds is 9. The molecule has 0 aliphatic carbocycles. The molecule has 1 fully saturated rings. The van der Waals surface area contributed by atoms with Crippen molar-refractivity contribution >= 4 is 11.5 Å². The van der Waals surface area contributed by atoms with E-state index in [9.17, 15) is 4.79 Å². The first-order valence-corrected chi connectivity index (χ1v) is 10.9. The summed E-state index contributed by atoms with van der Waals surface area (Å²) in [5, 5.41) is 0. The van der Waals surface area contributed by atoms with Crippen molar-refractivity contribution in [2.75, 3.05) is 44.3 Å². The van der Waals surface area contributed by atoms with Crippen LogP contribution in [0.1, 0.15) is 43.1 Å². The van der Waals surface area contributed by atoms with E-state index in [4.69, 9.17) is 4.74 Å². The van der Waals surface area contributed by atoms with Crippen LogP contribution in [0.4, 0.5) is 5.69 Å². The number of ether oxygens (including phenoxy) is 1. The van der Waals surface area contributed by atoms with E-state index >= 15 is 0 Å². The average Bonchev–Trinajstić information content (AvgIpc) is 2.80. The Balaban J connectivity index is 2.05. The highest BCUT2D eigenvalue weighted by atomic mass is 16.5. The summed E-state index contributed by atoms with van der Waals surface area (Å²) in [7, 11) is 0. The largest absolute Gasteiger partial charge is 0.378 e. The molecule has 29 heavy (non-hydrogen) atoms. The Hall–Kier alpha value is -2.17. The van der Waals surface area contributed by atoms with Gasteiger partial charge in [0.2, 0.25) is 0 Å². The molecule has 0 amide bonds. The minimum Gasteiger partial charge on any atom is -0.378 e. The quantitative estimate of drug-likeness (QED) is 0.589. The van der Waals surface area contributed by atoms with E-state index < -0.39 is 5.54 Å². The molecule has 4 nitrogen and oxygen atoms in total. The highest BCUT2D eigenvalue weighted by Gasteiger charge is 2.42. The lowest BCUT2D eigenvalue weighted by Crippen LogP contribution is -2.56. The average molecular weight is 395 g/mol. The number of anilines is 1. The smallest absolute Gasteiger partial charge is 0.185 e. The monoisotopic (exact) mass is 394 g/mol. The molecule has 0 radical (unpaired) electrons. The number of hydrogen-bond acceptors (Lipinski definition) is 4. The molecule has 1 unspecified atom stereocenters. The van der Waals surface area contributed by atoms with E-state index in [2.05, 4.69) is 60.9 Å². The lowest BCUT2D eigenvalue weighted by Gasteiger charge is -2.42. The van der Waals surface area contributed by atoms with Crippen molar-refractivity contribution in [2.45, 2.75) is 39.2 Å². The lowest BCUT2D eigenvalue weighted by atomic mass is 9.79. The van der Waals surface area contributed by atoms with Crippen LogP contribution in [0.25, 0.3) is 0 Å². The first-order chi connectivity index (χ1) is 14.2. The third kappa shape index (κ3) is 4.54. The van der Waals surface area contributed by atoms with E-state index in [-0.39, 0.29) is 5.78 Å². The van der Waals surface area contributed by atoms with Gasteiger partial charge in [0.05, 0.1) is 18.8 Å². The maximum absolute atomic E-state index is 14.2. The summed E-state index contributed by atoms with van der Waals surface area (Å²) in [5.74, 6) is 0.231. The van der Waals surface area contributed by atoms with Gasteiger partial charge in [-0.1, -0.05) is 63.2 Å². The van der Waals surface area contributed by atoms with Crippen LogP contribution < -0.4 is 4.90 Å². The summed E-state index contributed by atoms with van der Waals surface area (Å²) in [6.45, 7) is 11.2. The van der Waals surface area contributed by atoms with Crippen molar-refractivity contribution in [1.82, 2.24) is 4.90 Å². The number of likely N-dealkylation sites (N-methyl/N-ethyl adjacent to an activating group) is 1. The van der Waals surface area contributed by atoms with Crippen LogP contribution in [-0.2, 0) is 11.2 Å². The van der Waals surface area contributed by atoms with Crippen LogP contribution in [0.3, 0.4) is 0 Å². The van der Waals surface area contributed by atoms with Crippen molar-refractivity contribution in [3.63, 3.8) is 0 Å². The third-order valence-corrected chi connectivity index (χ3v) is 6.22. The van der Waals surface area contributed by atoms with Gasteiger partial charge in [-0.2, -0.15) is 0 Å². The number of morpholine rings is 1. The Kier molecular flexibility index (Phi) is 7.45. The van der Waals surface area contributed by atoms with Gasteiger partial charge in [0.1, 0.15) is 0 Å². The van der Waals surface area contributed by atoms with Gasteiger partial charge in [-0.15, -0.1) is 0 Å². The van der Waals surface area contributed by atoms with Crippen LogP contribution in [0.2, 0.25) is 0 Å². The summed E-state index contributed by atoms with van der Waals surface area (Å²) in [4.78, 5) is 18.9. The topological polar surface area (TPSA) is 32.8 Å². The first-order valence-electron chi connectivity index (χ1n) is 10.9. The van der Waals surface area contributed by atoms with Gasteiger partial charge in [-0.25, -0.2) is 0 Å². The van der Waals surface area contributed by atoms with Gasteiger partial charge in [0.15, 0.2) is 5.78 Å². The molecule has 3 rings (SSSR count). The Bertz CT molecular complexity index is 782. The van der Waals surface area contributed by atoms with Crippen molar-refractivity contribution in [3.05, 3.63) is 65.7 Å². The number of Topliss-reactive ketones (excluding diaryl/α,β-unsaturated/α-hetero) is 1. The number of carbonyl (C=O) groups is 1. The molecule has 2 aromatic carbocycles. The van der Waals surface area contributed by atoms with Crippen molar-refractivity contribution in [3.8, 4) is 0 Å². The van der Waals surface area contributed by atoms with Crippen LogP contribution in [0, 0.1) is 0 Å². The molecular weight excluding hydrogens is 360 g/mol. The lowest BCUT2D eigenvalue weighted by molar-refractivity contribution is 0.0548. The molecule has 0 spiro atoms. The minimum atomic E-state index is -0.548. The van der Waals surface area contributed by atoms with E-state index in [1.165, 1.54) is 5.56 Å². The molecule has 1 atom stereocenters. The second-order valence-corrected chi connectivity index (χ2v) is 7.67. The number of hydrogen-bond donors (Lipinski definition) is 0. The summed E-state index contributed by atoms with van der Waals surface area (Å²) in [6.07, 6.45) is 1.50. The molecule has 0 N–H and O–H groups in total. The van der Waals surface area contributed by atoms with Gasteiger partial charge in [0, 0.05) is 24.3 Å². The van der Waals surface area contributed by atoms with E-state index in [1.807, 2.05) is 24.3 Å². The molecule has 4 heteroatoms. The summed E-state index contributed by atoms with van der Waals surface area (Å²) in [6, 6.07) is 18.5. The molecule has 1 aliphatic rings. The molecule has 1 aliphatic heterocycles. The summed E-state index contributed by atoms with van der Waals surface area (Å²) < 4.78 is 5.53. The predicted molar refractivity (Wildman–Crippen MR) is 120 cm³/mol. The fourth-order valence-electron chi connectivity index (χ4n) is 4.60. The SMILES string of the molecule is CCN(CC)C(CC)(Cc1ccccc1)C(=O)c1ccccc1N1CCOCC1. The zero-order valence-electron chi connectivity index (χ0n) is 18.1. The Morgan fingerprint density at radius 3 is 2.21 bits per heavy atom. The maximum atomic E-state index is 14.2. The molecule has 1 heterocycles. The normalized spacial score (nSPS) is 16.6. The molecule has 0 saturated carbocycles. The highest BCUT2D eigenvalue weighted by Crippen LogP contribution is 2.33. The van der Waals surface area contributed by atoms with E-state index in [0.29, 0.717) is 13.2 Å². The van der Waals surface area contributed by atoms with Crippen molar-refractivity contribution in [2.24, 2.45) is 0 Å². The first kappa shape index (κ1) is 21.5. The third-order valence-electron chi connectivity index (χ3n) is 6.22. The van der Waals surface area contributed by atoms with Gasteiger partial charge in [0.25, 0.3) is 0 Å². The fraction of sp³-hybridized carbons (Fsp3) is 0.480. The second kappa shape index (κ2) is 10.0. The Morgan fingerprint density at radius 1 is 0.966 bits per heavy atom. The minimum absolute atomic E-state index is 0.231. The van der Waals surface area contributed by atoms with Crippen LogP contribution in [0.5, 0.6) is 0 Å². The number of para-hydroxylation sites is 1. The van der Waals surface area contributed by atoms with Gasteiger partial charge in [-0.3, -0.25) is 9.69 Å². The summed E-state index contributed by atoms with van der Waals surface area (Å²) >= 11 is 0. The zero-order valence-corrected chi connectivity index (χ0v) is 18.1. The van der Waals surface area contributed by atoms with Gasteiger partial charge >= 0.3 is 0 Å². The molecule has 2 aromatic rings. The van der Waals surface area contributed by atoms with Gasteiger partial charge in [-0.05, 0) is 43.6 Å². The number of benzene rings is 2. The molecule has 0 aromatic heterocycles. The summed E-state index contributed by atoms with van der Waals surface area (Å²) in [5.41, 5.74) is 2.53. The fourth-order valence-corrected chi connectivity index (χ4v) is 4.60. The number of nitrogens with zero attached hydrogens (tertiary/aromatic N) is 2. The Morgan fingerprint density at radius 2 is 1.59 bits per heavy atom. The van der Waals surface area contributed by atoms with Crippen LogP contribution in [0.15, 0.2) is 54.6 Å². The van der Waals surface area contributed by atoms with Gasteiger partial charge < -0.3 is 9.64 Å². The van der Waals surface area contributed by atoms with Crippen molar-refractivity contribution < 1.29 is 9.53 Å². The predicted octanol–water partition coefficient (Wildman–Crippen LogP) is 4.44. The molecule has 0 bridgehead atoms. The van der Waals surface area contributed by atoms with Crippen LogP contribution >= 0.6 is 0 Å². The molecule has 156 valence electrons. The number of carbonyl (C=O) groups excluding carboxylic acids is 1. The van der Waals surface area contributed by atoms with Crippen LogP contribution in [-0.4, -0.2) is 55.6 Å². The van der Waals surface area contributed by atoms with E-state index in [0.717, 1.165) is 50.3 Å².